The third-order valence-corrected chi connectivity index (χ3v) is 3.59. The highest BCUT2D eigenvalue weighted by Gasteiger charge is 2.16. The number of aliphatic hydroxyl groups is 1. The fourth-order valence-corrected chi connectivity index (χ4v) is 2.08. The molecule has 0 saturated carbocycles. The summed E-state index contributed by atoms with van der Waals surface area (Å²) in [5, 5.41) is 9.60. The molecule has 0 aliphatic rings. The maximum Gasteiger partial charge on any atom is 0.0665 e. The van der Waals surface area contributed by atoms with Crippen LogP contribution in [-0.4, -0.2) is 17.8 Å². The monoisotopic (exact) mass is 263 g/mol. The Kier molecular flexibility index (Phi) is 5.57. The molecule has 0 bridgehead atoms. The van der Waals surface area contributed by atoms with E-state index >= 15 is 0 Å². The van der Waals surface area contributed by atoms with Crippen LogP contribution in [0.3, 0.4) is 0 Å². The van der Waals surface area contributed by atoms with E-state index in [9.17, 15) is 5.11 Å². The Morgan fingerprint density at radius 3 is 2.26 bits per heavy atom. The fraction of sp³-hybridized carbons (Fsp3) is 0.647. The van der Waals surface area contributed by atoms with E-state index in [1.807, 2.05) is 0 Å². The highest BCUT2D eigenvalue weighted by Crippen LogP contribution is 2.28. The van der Waals surface area contributed by atoms with Gasteiger partial charge in [0.1, 0.15) is 0 Å². The second kappa shape index (κ2) is 6.53. The Morgan fingerprint density at radius 2 is 1.79 bits per heavy atom. The summed E-state index contributed by atoms with van der Waals surface area (Å²) in [4.78, 5) is 0. The third kappa shape index (κ3) is 4.96. The van der Waals surface area contributed by atoms with Gasteiger partial charge in [0.05, 0.1) is 6.10 Å². The van der Waals surface area contributed by atoms with Crippen molar-refractivity contribution in [3.63, 3.8) is 0 Å². The predicted octanol–water partition coefficient (Wildman–Crippen LogP) is 3.36. The average molecular weight is 263 g/mol. The van der Waals surface area contributed by atoms with Gasteiger partial charge in [-0.2, -0.15) is 0 Å². The topological polar surface area (TPSA) is 46.2 Å². The van der Waals surface area contributed by atoms with Gasteiger partial charge in [0.2, 0.25) is 0 Å². The van der Waals surface area contributed by atoms with E-state index in [1.165, 1.54) is 16.7 Å². The Labute approximate surface area is 118 Å². The first kappa shape index (κ1) is 16.2. The molecule has 19 heavy (non-hydrogen) atoms. The lowest BCUT2D eigenvalue weighted by Gasteiger charge is -2.22. The fourth-order valence-electron chi connectivity index (χ4n) is 2.08. The first-order valence-electron chi connectivity index (χ1n) is 7.26. The molecule has 0 spiro atoms. The minimum atomic E-state index is -0.388. The molecule has 0 radical (unpaired) electrons. The number of nitrogens with two attached hydrogens (primary N) is 1. The van der Waals surface area contributed by atoms with Gasteiger partial charge in [0.15, 0.2) is 0 Å². The summed E-state index contributed by atoms with van der Waals surface area (Å²) in [6.45, 7) is 11.5. The molecule has 1 aromatic rings. The van der Waals surface area contributed by atoms with Crippen LogP contribution in [0, 0.1) is 0 Å². The summed E-state index contributed by atoms with van der Waals surface area (Å²) in [6.07, 6.45) is 1.24. The quantitative estimate of drug-likeness (QED) is 0.855. The molecular weight excluding hydrogens is 234 g/mol. The molecule has 2 heteroatoms. The Morgan fingerprint density at radius 1 is 1.16 bits per heavy atom. The van der Waals surface area contributed by atoms with Crippen molar-refractivity contribution in [3.8, 4) is 0 Å². The van der Waals surface area contributed by atoms with E-state index in [-0.39, 0.29) is 11.5 Å². The summed E-state index contributed by atoms with van der Waals surface area (Å²) >= 11 is 0. The number of benzene rings is 1. The maximum atomic E-state index is 9.60. The number of aryl methyl sites for hydroxylation is 1. The van der Waals surface area contributed by atoms with Gasteiger partial charge in [-0.15, -0.1) is 0 Å². The van der Waals surface area contributed by atoms with Crippen molar-refractivity contribution in [2.45, 2.75) is 64.9 Å². The van der Waals surface area contributed by atoms with Crippen molar-refractivity contribution in [2.75, 3.05) is 6.54 Å². The first-order valence-corrected chi connectivity index (χ1v) is 7.26. The molecule has 0 saturated heterocycles. The van der Waals surface area contributed by atoms with Crippen molar-refractivity contribution >= 4 is 0 Å². The number of aliphatic hydroxyl groups excluding tert-OH is 1. The van der Waals surface area contributed by atoms with Crippen LogP contribution < -0.4 is 5.73 Å². The zero-order chi connectivity index (χ0) is 14.6. The lowest BCUT2D eigenvalue weighted by molar-refractivity contribution is 0.173. The number of hydrogen-bond acceptors (Lipinski definition) is 2. The van der Waals surface area contributed by atoms with Crippen molar-refractivity contribution in [1.82, 2.24) is 0 Å². The van der Waals surface area contributed by atoms with Gasteiger partial charge in [-0.3, -0.25) is 0 Å². The third-order valence-electron chi connectivity index (χ3n) is 3.59. The number of rotatable bonds is 5. The second-order valence-corrected chi connectivity index (χ2v) is 6.80. The summed E-state index contributed by atoms with van der Waals surface area (Å²) in [6, 6.07) is 6.85. The Bertz CT molecular complexity index is 404. The summed E-state index contributed by atoms with van der Waals surface area (Å²) in [5.74, 6) is 0.528. The Hall–Kier alpha value is -0.860. The molecule has 0 amide bonds. The number of hydrogen-bond donors (Lipinski definition) is 2. The summed E-state index contributed by atoms with van der Waals surface area (Å²) < 4.78 is 0. The highest BCUT2D eigenvalue weighted by atomic mass is 16.3. The van der Waals surface area contributed by atoms with E-state index in [4.69, 9.17) is 5.73 Å². The minimum absolute atomic E-state index is 0.159. The molecular formula is C17H29NO. The van der Waals surface area contributed by atoms with Gasteiger partial charge in [0.25, 0.3) is 0 Å². The maximum absolute atomic E-state index is 9.60. The van der Waals surface area contributed by atoms with Gasteiger partial charge < -0.3 is 10.8 Å². The van der Waals surface area contributed by atoms with Crippen molar-refractivity contribution in [3.05, 3.63) is 34.9 Å². The molecule has 0 aliphatic heterocycles. The molecule has 1 atom stereocenters. The van der Waals surface area contributed by atoms with E-state index in [0.29, 0.717) is 12.5 Å². The predicted molar refractivity (Wildman–Crippen MR) is 82.6 cm³/mol. The molecule has 0 fully saturated rings. The first-order chi connectivity index (χ1) is 8.74. The molecule has 108 valence electrons. The van der Waals surface area contributed by atoms with E-state index < -0.39 is 0 Å². The molecule has 0 aliphatic carbocycles. The average Bonchev–Trinajstić information content (AvgIpc) is 2.34. The Balaban J connectivity index is 3.00. The van der Waals surface area contributed by atoms with Gasteiger partial charge in [-0.1, -0.05) is 52.8 Å². The lowest BCUT2D eigenvalue weighted by atomic mass is 9.83. The molecule has 3 N–H and O–H groups in total. The van der Waals surface area contributed by atoms with Crippen molar-refractivity contribution < 1.29 is 5.11 Å². The van der Waals surface area contributed by atoms with E-state index in [0.717, 1.165) is 12.8 Å². The van der Waals surface area contributed by atoms with Crippen LogP contribution in [0.15, 0.2) is 18.2 Å². The zero-order valence-corrected chi connectivity index (χ0v) is 13.0. The van der Waals surface area contributed by atoms with Crippen LogP contribution in [0.25, 0.3) is 0 Å². The van der Waals surface area contributed by atoms with E-state index in [1.54, 1.807) is 0 Å². The van der Waals surface area contributed by atoms with Crippen LogP contribution in [-0.2, 0) is 11.8 Å². The minimum Gasteiger partial charge on any atom is -0.392 e. The van der Waals surface area contributed by atoms with Crippen LogP contribution in [0.4, 0.5) is 0 Å². The smallest absolute Gasteiger partial charge is 0.0665 e. The molecule has 2 nitrogen and oxygen atoms in total. The SMILES string of the molecule is CC(C)c1cc(CC[C@@H](O)CN)cc(C(C)(C)C)c1. The van der Waals surface area contributed by atoms with Crippen LogP contribution >= 0.6 is 0 Å². The van der Waals surface area contributed by atoms with Crippen LogP contribution in [0.1, 0.15) is 63.6 Å². The largest absolute Gasteiger partial charge is 0.392 e. The zero-order valence-electron chi connectivity index (χ0n) is 13.0. The molecule has 1 aromatic carbocycles. The highest BCUT2D eigenvalue weighted by molar-refractivity contribution is 5.35. The van der Waals surface area contributed by atoms with E-state index in [2.05, 4.69) is 52.8 Å². The molecule has 0 heterocycles. The van der Waals surface area contributed by atoms with Gasteiger partial charge >= 0.3 is 0 Å². The summed E-state index contributed by atoms with van der Waals surface area (Å²) in [7, 11) is 0. The van der Waals surface area contributed by atoms with Crippen LogP contribution in [0.2, 0.25) is 0 Å². The molecule has 1 rings (SSSR count). The summed E-state index contributed by atoms with van der Waals surface area (Å²) in [5.41, 5.74) is 9.68. The van der Waals surface area contributed by atoms with Crippen molar-refractivity contribution in [1.29, 1.82) is 0 Å². The second-order valence-electron chi connectivity index (χ2n) is 6.80. The molecule has 0 aromatic heterocycles. The molecule has 0 unspecified atom stereocenters. The normalized spacial score (nSPS) is 13.9. The lowest BCUT2D eigenvalue weighted by Crippen LogP contribution is -2.20. The van der Waals surface area contributed by atoms with Gasteiger partial charge in [-0.25, -0.2) is 0 Å². The van der Waals surface area contributed by atoms with Gasteiger partial charge in [0, 0.05) is 6.54 Å². The van der Waals surface area contributed by atoms with Crippen molar-refractivity contribution in [2.24, 2.45) is 5.73 Å². The van der Waals surface area contributed by atoms with Crippen LogP contribution in [0.5, 0.6) is 0 Å². The standard InChI is InChI=1S/C17H29NO/c1-12(2)14-8-13(6-7-16(19)11-18)9-15(10-14)17(3,4)5/h8-10,12,16,19H,6-7,11,18H2,1-5H3/t16-/m1/s1. The van der Waals surface area contributed by atoms with Gasteiger partial charge in [-0.05, 0) is 40.9 Å².